The van der Waals surface area contributed by atoms with Gasteiger partial charge in [0, 0.05) is 24.8 Å². The molecule has 0 spiro atoms. The number of benzene rings is 1. The first-order valence-corrected chi connectivity index (χ1v) is 8.03. The second-order valence-electron chi connectivity index (χ2n) is 6.44. The third-order valence-electron chi connectivity index (χ3n) is 4.49. The fourth-order valence-corrected chi connectivity index (χ4v) is 2.80. The summed E-state index contributed by atoms with van der Waals surface area (Å²) in [6, 6.07) is 8.36. The summed E-state index contributed by atoms with van der Waals surface area (Å²) in [5, 5.41) is 3.04. The Morgan fingerprint density at radius 2 is 2.14 bits per heavy atom. The van der Waals surface area contributed by atoms with Crippen molar-refractivity contribution in [3.8, 4) is 0 Å². The minimum Gasteiger partial charge on any atom is -0.326 e. The van der Waals surface area contributed by atoms with Crippen LogP contribution in [0.3, 0.4) is 0 Å². The van der Waals surface area contributed by atoms with E-state index in [1.807, 2.05) is 31.2 Å². The Kier molecular flexibility index (Phi) is 4.27. The van der Waals surface area contributed by atoms with Crippen molar-refractivity contribution in [3.05, 3.63) is 29.8 Å². The van der Waals surface area contributed by atoms with Gasteiger partial charge in [0.15, 0.2) is 0 Å². The Morgan fingerprint density at radius 1 is 1.38 bits per heavy atom. The maximum atomic E-state index is 12.5. The molecule has 0 saturated heterocycles. The predicted octanol–water partition coefficient (Wildman–Crippen LogP) is 2.35. The minimum atomic E-state index is -0.0559. The van der Waals surface area contributed by atoms with Gasteiger partial charge in [-0.25, -0.2) is 0 Å². The normalized spacial score (nSPS) is 19.6. The monoisotopic (exact) mass is 287 g/mol. The molecular weight excluding hydrogens is 262 g/mol. The molecule has 0 aromatic heterocycles. The zero-order valence-corrected chi connectivity index (χ0v) is 12.7. The average Bonchev–Trinajstić information content (AvgIpc) is 3.37. The zero-order valence-electron chi connectivity index (χ0n) is 12.7. The van der Waals surface area contributed by atoms with Gasteiger partial charge in [0.1, 0.15) is 0 Å². The Labute approximate surface area is 126 Å². The first kappa shape index (κ1) is 14.5. The molecule has 114 valence electrons. The molecule has 3 rings (SSSR count). The van der Waals surface area contributed by atoms with Crippen LogP contribution in [0.1, 0.15) is 38.2 Å². The van der Waals surface area contributed by atoms with Gasteiger partial charge in [0.05, 0.1) is 6.04 Å². The van der Waals surface area contributed by atoms with Crippen LogP contribution in [0, 0.1) is 5.92 Å². The molecule has 1 unspecified atom stereocenters. The Bertz CT molecular complexity index is 509. The summed E-state index contributed by atoms with van der Waals surface area (Å²) < 4.78 is 0. The van der Waals surface area contributed by atoms with Crippen molar-refractivity contribution in [2.24, 2.45) is 11.7 Å². The largest absolute Gasteiger partial charge is 0.326 e. The van der Waals surface area contributed by atoms with E-state index in [0.717, 1.165) is 23.7 Å². The van der Waals surface area contributed by atoms with Gasteiger partial charge in [-0.05, 0) is 56.2 Å². The molecule has 2 fully saturated rings. The lowest BCUT2D eigenvalue weighted by Crippen LogP contribution is -2.44. The summed E-state index contributed by atoms with van der Waals surface area (Å²) in [6.07, 6.45) is 5.15. The van der Waals surface area contributed by atoms with Crippen molar-refractivity contribution < 1.29 is 4.79 Å². The fraction of sp³-hybridized carbons (Fsp3) is 0.588. The number of hydrogen-bond donors (Lipinski definition) is 2. The molecule has 1 aromatic carbocycles. The number of carbonyl (C=O) groups excluding carboxylic acids is 1. The number of amides is 1. The quantitative estimate of drug-likeness (QED) is 0.809. The van der Waals surface area contributed by atoms with E-state index >= 15 is 0 Å². The van der Waals surface area contributed by atoms with Crippen molar-refractivity contribution in [2.45, 2.75) is 51.2 Å². The highest BCUT2D eigenvalue weighted by Gasteiger charge is 2.38. The number of rotatable bonds is 7. The molecule has 2 aliphatic carbocycles. The lowest BCUT2D eigenvalue weighted by molar-refractivity contribution is -0.121. The maximum absolute atomic E-state index is 12.5. The van der Waals surface area contributed by atoms with Crippen molar-refractivity contribution in [2.75, 3.05) is 11.9 Å². The van der Waals surface area contributed by atoms with Crippen LogP contribution in [0.5, 0.6) is 0 Å². The van der Waals surface area contributed by atoms with Crippen LogP contribution in [0.25, 0.3) is 0 Å². The second kappa shape index (κ2) is 6.16. The van der Waals surface area contributed by atoms with E-state index in [1.54, 1.807) is 0 Å². The maximum Gasteiger partial charge on any atom is 0.241 e. The molecule has 0 heterocycles. The van der Waals surface area contributed by atoms with Crippen molar-refractivity contribution in [3.63, 3.8) is 0 Å². The molecule has 3 N–H and O–H groups in total. The molecule has 0 bridgehead atoms. The van der Waals surface area contributed by atoms with Crippen LogP contribution < -0.4 is 11.1 Å². The first-order valence-electron chi connectivity index (χ1n) is 8.03. The van der Waals surface area contributed by atoms with Crippen LogP contribution in [-0.2, 0) is 11.3 Å². The number of nitrogens with one attached hydrogen (secondary N) is 1. The summed E-state index contributed by atoms with van der Waals surface area (Å²) in [6.45, 7) is 3.61. The molecule has 1 atom stereocenters. The van der Waals surface area contributed by atoms with Crippen LogP contribution in [-0.4, -0.2) is 29.4 Å². The summed E-state index contributed by atoms with van der Waals surface area (Å²) in [7, 11) is 0. The Morgan fingerprint density at radius 3 is 2.76 bits per heavy atom. The van der Waals surface area contributed by atoms with Gasteiger partial charge in [-0.15, -0.1) is 0 Å². The molecule has 0 aliphatic heterocycles. The summed E-state index contributed by atoms with van der Waals surface area (Å²) in [5.41, 5.74) is 7.53. The van der Waals surface area contributed by atoms with E-state index in [0.29, 0.717) is 12.6 Å². The predicted molar refractivity (Wildman–Crippen MR) is 84.9 cm³/mol. The van der Waals surface area contributed by atoms with Gasteiger partial charge in [-0.3, -0.25) is 9.69 Å². The van der Waals surface area contributed by atoms with E-state index in [9.17, 15) is 4.79 Å². The molecule has 1 amide bonds. The number of anilines is 1. The highest BCUT2D eigenvalue weighted by molar-refractivity contribution is 5.94. The zero-order chi connectivity index (χ0) is 14.8. The number of hydrogen-bond acceptors (Lipinski definition) is 3. The molecule has 2 saturated carbocycles. The third kappa shape index (κ3) is 3.83. The van der Waals surface area contributed by atoms with Crippen LogP contribution in [0.4, 0.5) is 5.69 Å². The van der Waals surface area contributed by atoms with Crippen molar-refractivity contribution in [1.29, 1.82) is 0 Å². The average molecular weight is 287 g/mol. The molecular formula is C17H25N3O. The van der Waals surface area contributed by atoms with E-state index in [1.165, 1.54) is 25.7 Å². The van der Waals surface area contributed by atoms with Gasteiger partial charge in [-0.1, -0.05) is 12.1 Å². The lowest BCUT2D eigenvalue weighted by atomic mass is 10.2. The summed E-state index contributed by atoms with van der Waals surface area (Å²) in [4.78, 5) is 14.9. The highest BCUT2D eigenvalue weighted by atomic mass is 16.2. The standard InChI is InChI=1S/C17H25N3O/c1-12(20(16-7-8-16)11-13-5-6-13)17(21)19-15-4-2-3-14(9-15)10-18/h2-4,9,12-13,16H,5-8,10-11,18H2,1H3,(H,19,21). The number of nitrogens with zero attached hydrogens (tertiary/aromatic N) is 1. The molecule has 2 aliphatic rings. The Hall–Kier alpha value is -1.39. The molecule has 0 radical (unpaired) electrons. The number of nitrogens with two attached hydrogens (primary N) is 1. The topological polar surface area (TPSA) is 58.4 Å². The van der Waals surface area contributed by atoms with E-state index < -0.39 is 0 Å². The molecule has 1 aromatic rings. The van der Waals surface area contributed by atoms with Gasteiger partial charge in [0.2, 0.25) is 5.91 Å². The van der Waals surface area contributed by atoms with Crippen LogP contribution in [0.15, 0.2) is 24.3 Å². The van der Waals surface area contributed by atoms with Gasteiger partial charge < -0.3 is 11.1 Å². The second-order valence-corrected chi connectivity index (χ2v) is 6.44. The first-order chi connectivity index (χ1) is 10.2. The van der Waals surface area contributed by atoms with Crippen LogP contribution in [0.2, 0.25) is 0 Å². The van der Waals surface area contributed by atoms with E-state index in [-0.39, 0.29) is 11.9 Å². The molecule has 21 heavy (non-hydrogen) atoms. The number of carbonyl (C=O) groups is 1. The lowest BCUT2D eigenvalue weighted by Gasteiger charge is -2.28. The SMILES string of the molecule is CC(C(=O)Nc1cccc(CN)c1)N(CC1CC1)C1CC1. The smallest absolute Gasteiger partial charge is 0.241 e. The molecule has 4 heteroatoms. The van der Waals surface area contributed by atoms with Crippen LogP contribution >= 0.6 is 0 Å². The van der Waals surface area contributed by atoms with Gasteiger partial charge in [0.25, 0.3) is 0 Å². The third-order valence-corrected chi connectivity index (χ3v) is 4.49. The Balaban J connectivity index is 1.62. The van der Waals surface area contributed by atoms with E-state index in [4.69, 9.17) is 5.73 Å². The van der Waals surface area contributed by atoms with Crippen molar-refractivity contribution >= 4 is 11.6 Å². The van der Waals surface area contributed by atoms with Gasteiger partial charge >= 0.3 is 0 Å². The van der Waals surface area contributed by atoms with Crippen molar-refractivity contribution in [1.82, 2.24) is 4.90 Å². The molecule has 4 nitrogen and oxygen atoms in total. The summed E-state index contributed by atoms with van der Waals surface area (Å²) in [5.74, 6) is 0.915. The van der Waals surface area contributed by atoms with E-state index in [2.05, 4.69) is 10.2 Å². The highest BCUT2D eigenvalue weighted by Crippen LogP contribution is 2.36. The van der Waals surface area contributed by atoms with Gasteiger partial charge in [-0.2, -0.15) is 0 Å². The minimum absolute atomic E-state index is 0.0559. The summed E-state index contributed by atoms with van der Waals surface area (Å²) >= 11 is 0. The fourth-order valence-electron chi connectivity index (χ4n) is 2.80.